The van der Waals surface area contributed by atoms with E-state index in [4.69, 9.17) is 0 Å². The van der Waals surface area contributed by atoms with Crippen LogP contribution in [0.5, 0.6) is 0 Å². The molecule has 0 aromatic heterocycles. The number of carbonyl (C=O) groups is 2. The number of non-ortho nitro benzene ring substituents is 2. The van der Waals surface area contributed by atoms with E-state index in [1.165, 1.54) is 29.3 Å². The first-order chi connectivity index (χ1) is 16.7. The number of nitrogens with one attached hydrogen (secondary N) is 1. The number of carbonyl (C=O) groups excluding carboxylic acids is 2. The number of hydrogen-bond donors (Lipinski definition) is 1. The van der Waals surface area contributed by atoms with Gasteiger partial charge >= 0.3 is 0 Å². The maximum absolute atomic E-state index is 13.0. The summed E-state index contributed by atoms with van der Waals surface area (Å²) < 4.78 is 0. The van der Waals surface area contributed by atoms with E-state index in [2.05, 4.69) is 5.43 Å². The van der Waals surface area contributed by atoms with Gasteiger partial charge in [-0.3, -0.25) is 30.4 Å². The number of benzene rings is 2. The fourth-order valence-electron chi connectivity index (χ4n) is 4.45. The summed E-state index contributed by atoms with van der Waals surface area (Å²) in [7, 11) is 0. The number of aliphatic carboxylic acids is 1. The monoisotopic (exact) mass is 477 g/mol. The van der Waals surface area contributed by atoms with Crippen molar-refractivity contribution >= 4 is 29.3 Å². The van der Waals surface area contributed by atoms with E-state index in [1.807, 2.05) is 6.08 Å². The molecule has 11 heteroatoms. The van der Waals surface area contributed by atoms with Gasteiger partial charge < -0.3 is 9.90 Å². The molecule has 1 aliphatic carbocycles. The normalized spacial score (nSPS) is 18.2. The van der Waals surface area contributed by atoms with E-state index in [-0.39, 0.29) is 17.8 Å². The van der Waals surface area contributed by atoms with Gasteiger partial charge in [0.15, 0.2) is 0 Å². The number of amides is 1. The highest BCUT2D eigenvalue weighted by atomic mass is 16.6. The number of hydrazine groups is 1. The van der Waals surface area contributed by atoms with Crippen molar-refractivity contribution in [2.75, 3.05) is 0 Å². The SMILES string of the molecule is O=C([O-])CCC(=O)N1NC2=C(CCC/C2=C/c2cccc([N+](=O)[O-])c2)[C@H]1c1cccc([N+](=O)[O-])c1. The van der Waals surface area contributed by atoms with Gasteiger partial charge in [-0.25, -0.2) is 5.01 Å². The second-order valence-corrected chi connectivity index (χ2v) is 8.28. The van der Waals surface area contributed by atoms with E-state index < -0.39 is 34.2 Å². The van der Waals surface area contributed by atoms with E-state index in [0.717, 1.165) is 17.6 Å². The maximum atomic E-state index is 13.0. The molecule has 0 bridgehead atoms. The molecule has 0 spiro atoms. The number of nitrogens with zero attached hydrogens (tertiary/aromatic N) is 3. The zero-order valence-corrected chi connectivity index (χ0v) is 18.5. The molecule has 0 saturated carbocycles. The van der Waals surface area contributed by atoms with Crippen molar-refractivity contribution in [1.82, 2.24) is 10.4 Å². The second-order valence-electron chi connectivity index (χ2n) is 8.28. The third-order valence-electron chi connectivity index (χ3n) is 5.99. The third kappa shape index (κ3) is 5.03. The lowest BCUT2D eigenvalue weighted by molar-refractivity contribution is -0.385. The van der Waals surface area contributed by atoms with Crippen molar-refractivity contribution < 1.29 is 24.5 Å². The van der Waals surface area contributed by atoms with Gasteiger partial charge in [0, 0.05) is 36.7 Å². The number of allylic oxidation sites excluding steroid dienone is 1. The lowest BCUT2D eigenvalue weighted by Crippen LogP contribution is -2.40. The fraction of sp³-hybridized carbons (Fsp3) is 0.250. The molecule has 1 aliphatic heterocycles. The van der Waals surface area contributed by atoms with Crippen LogP contribution >= 0.6 is 0 Å². The van der Waals surface area contributed by atoms with Crippen LogP contribution in [-0.4, -0.2) is 26.7 Å². The van der Waals surface area contributed by atoms with Gasteiger partial charge in [0.2, 0.25) is 5.91 Å². The predicted molar refractivity (Wildman–Crippen MR) is 122 cm³/mol. The first-order valence-corrected chi connectivity index (χ1v) is 11.0. The Balaban J connectivity index is 1.76. The summed E-state index contributed by atoms with van der Waals surface area (Å²) in [6, 6.07) is 11.5. The fourth-order valence-corrected chi connectivity index (χ4v) is 4.45. The molecule has 35 heavy (non-hydrogen) atoms. The van der Waals surface area contributed by atoms with Crippen LogP contribution in [0.3, 0.4) is 0 Å². The minimum Gasteiger partial charge on any atom is -0.550 e. The minimum absolute atomic E-state index is 0.0442. The van der Waals surface area contributed by atoms with E-state index in [0.29, 0.717) is 29.7 Å². The molecule has 180 valence electrons. The largest absolute Gasteiger partial charge is 0.550 e. The molecular formula is C24H21N4O7-. The molecule has 0 radical (unpaired) electrons. The van der Waals surface area contributed by atoms with E-state index in [1.54, 1.807) is 24.3 Å². The van der Waals surface area contributed by atoms with Gasteiger partial charge in [-0.1, -0.05) is 24.3 Å². The van der Waals surface area contributed by atoms with Gasteiger partial charge in [0.05, 0.1) is 15.5 Å². The van der Waals surface area contributed by atoms with Gasteiger partial charge in [-0.05, 0) is 54.0 Å². The molecule has 0 saturated heterocycles. The van der Waals surface area contributed by atoms with Crippen LogP contribution in [0.2, 0.25) is 0 Å². The average Bonchev–Trinajstić information content (AvgIpc) is 3.23. The van der Waals surface area contributed by atoms with Gasteiger partial charge in [-0.2, -0.15) is 0 Å². The molecule has 2 aromatic rings. The Morgan fingerprint density at radius 2 is 1.69 bits per heavy atom. The molecule has 1 heterocycles. The molecule has 2 aromatic carbocycles. The zero-order chi connectivity index (χ0) is 25.1. The number of nitro benzene ring substituents is 2. The molecule has 0 fully saturated rings. The molecule has 0 unspecified atom stereocenters. The van der Waals surface area contributed by atoms with Crippen LogP contribution in [0.25, 0.3) is 6.08 Å². The standard InChI is InChI=1S/C24H22N4O7/c29-21(10-11-22(30)31)26-24(17-6-2-8-19(14-17)28(34)35)20-9-3-5-16(23(20)25-26)12-15-4-1-7-18(13-15)27(32)33/h1-2,4,6-8,12-14,24-25H,3,5,9-11H2,(H,30,31)/p-1/b16-12-/t24-/m1/s1. The van der Waals surface area contributed by atoms with Crippen LogP contribution < -0.4 is 10.5 Å². The Labute approximate surface area is 199 Å². The van der Waals surface area contributed by atoms with Gasteiger partial charge in [0.25, 0.3) is 11.4 Å². The number of nitro groups is 2. The third-order valence-corrected chi connectivity index (χ3v) is 5.99. The molecule has 4 rings (SSSR count). The van der Waals surface area contributed by atoms with Crippen LogP contribution in [0.1, 0.15) is 49.3 Å². The number of carboxylic acids is 1. The highest BCUT2D eigenvalue weighted by molar-refractivity contribution is 5.82. The molecule has 1 amide bonds. The van der Waals surface area contributed by atoms with Crippen molar-refractivity contribution in [2.24, 2.45) is 0 Å². The Kier molecular flexibility index (Phi) is 6.58. The Morgan fingerprint density at radius 1 is 1.00 bits per heavy atom. The maximum Gasteiger partial charge on any atom is 0.270 e. The highest BCUT2D eigenvalue weighted by Gasteiger charge is 2.39. The Morgan fingerprint density at radius 3 is 2.37 bits per heavy atom. The number of rotatable bonds is 7. The van der Waals surface area contributed by atoms with Crippen LogP contribution in [0, 0.1) is 20.2 Å². The van der Waals surface area contributed by atoms with Gasteiger partial charge in [-0.15, -0.1) is 0 Å². The van der Waals surface area contributed by atoms with E-state index >= 15 is 0 Å². The van der Waals surface area contributed by atoms with Crippen LogP contribution in [-0.2, 0) is 9.59 Å². The van der Waals surface area contributed by atoms with E-state index in [9.17, 15) is 34.9 Å². The second kappa shape index (κ2) is 9.75. The summed E-state index contributed by atoms with van der Waals surface area (Å²) in [6.45, 7) is 0. The summed E-state index contributed by atoms with van der Waals surface area (Å²) in [5.74, 6) is -1.84. The highest BCUT2D eigenvalue weighted by Crippen LogP contribution is 2.44. The van der Waals surface area contributed by atoms with Gasteiger partial charge in [0.1, 0.15) is 6.04 Å². The van der Waals surface area contributed by atoms with Crippen LogP contribution in [0.4, 0.5) is 11.4 Å². The molecule has 1 atom stereocenters. The van der Waals surface area contributed by atoms with Crippen molar-refractivity contribution in [3.63, 3.8) is 0 Å². The Hall–Kier alpha value is -4.54. The number of carboxylic acid groups (broad SMARTS) is 1. The number of hydrogen-bond acceptors (Lipinski definition) is 8. The topological polar surface area (TPSA) is 159 Å². The average molecular weight is 477 g/mol. The summed E-state index contributed by atoms with van der Waals surface area (Å²) in [5.41, 5.74) is 6.42. The quantitative estimate of drug-likeness (QED) is 0.471. The molecule has 2 aliphatic rings. The lowest BCUT2D eigenvalue weighted by Gasteiger charge is -2.27. The lowest BCUT2D eigenvalue weighted by atomic mass is 9.85. The predicted octanol–water partition coefficient (Wildman–Crippen LogP) is 2.94. The van der Waals surface area contributed by atoms with Crippen LogP contribution in [0.15, 0.2) is 65.4 Å². The first kappa shape index (κ1) is 23.6. The zero-order valence-electron chi connectivity index (χ0n) is 18.5. The summed E-state index contributed by atoms with van der Waals surface area (Å²) in [4.78, 5) is 45.4. The summed E-state index contributed by atoms with van der Waals surface area (Å²) in [5, 5.41) is 34.7. The summed E-state index contributed by atoms with van der Waals surface area (Å²) in [6.07, 6.45) is 3.07. The molecule has 1 N–H and O–H groups in total. The first-order valence-electron chi connectivity index (χ1n) is 11.0. The summed E-state index contributed by atoms with van der Waals surface area (Å²) >= 11 is 0. The molecular weight excluding hydrogens is 456 g/mol. The van der Waals surface area contributed by atoms with Crippen molar-refractivity contribution in [3.8, 4) is 0 Å². The van der Waals surface area contributed by atoms with Crippen molar-refractivity contribution in [2.45, 2.75) is 38.1 Å². The van der Waals surface area contributed by atoms with Crippen molar-refractivity contribution in [1.29, 1.82) is 0 Å². The smallest absolute Gasteiger partial charge is 0.270 e. The Bertz CT molecular complexity index is 1280. The van der Waals surface area contributed by atoms with Crippen molar-refractivity contribution in [3.05, 3.63) is 96.7 Å². The minimum atomic E-state index is -1.35. The molecule has 11 nitrogen and oxygen atoms in total.